The van der Waals surface area contributed by atoms with E-state index in [4.69, 9.17) is 10.6 Å². The van der Waals surface area contributed by atoms with Gasteiger partial charge in [0.05, 0.1) is 6.10 Å². The van der Waals surface area contributed by atoms with Crippen LogP contribution in [0.1, 0.15) is 25.3 Å². The van der Waals surface area contributed by atoms with Crippen LogP contribution in [0.25, 0.3) is 0 Å². The van der Waals surface area contributed by atoms with Crippen molar-refractivity contribution in [2.75, 3.05) is 7.11 Å². The number of hydrogen-bond acceptors (Lipinski definition) is 3. The molecule has 0 aliphatic rings. The predicted octanol–water partition coefficient (Wildman–Crippen LogP) is 2.78. The van der Waals surface area contributed by atoms with E-state index in [1.807, 2.05) is 6.92 Å². The van der Waals surface area contributed by atoms with Crippen LogP contribution in [0.15, 0.2) is 22.7 Å². The van der Waals surface area contributed by atoms with Crippen molar-refractivity contribution in [3.05, 3.63) is 34.1 Å². The number of halogens is 2. The van der Waals surface area contributed by atoms with Gasteiger partial charge < -0.3 is 4.74 Å². The summed E-state index contributed by atoms with van der Waals surface area (Å²) in [6.07, 6.45) is 2.49. The first-order valence-electron chi connectivity index (χ1n) is 5.99. The van der Waals surface area contributed by atoms with Crippen LogP contribution in [-0.4, -0.2) is 19.3 Å². The van der Waals surface area contributed by atoms with Crippen LogP contribution < -0.4 is 11.3 Å². The van der Waals surface area contributed by atoms with Crippen molar-refractivity contribution in [1.82, 2.24) is 5.43 Å². The molecular weight excluding hydrogens is 299 g/mol. The number of rotatable bonds is 7. The molecule has 2 unspecified atom stereocenters. The Morgan fingerprint density at radius 3 is 2.78 bits per heavy atom. The van der Waals surface area contributed by atoms with E-state index in [1.165, 1.54) is 6.07 Å². The molecule has 0 spiro atoms. The van der Waals surface area contributed by atoms with Crippen LogP contribution in [0.3, 0.4) is 0 Å². The maximum absolute atomic E-state index is 13.6. The van der Waals surface area contributed by atoms with Gasteiger partial charge in [-0.05, 0) is 49.9 Å². The van der Waals surface area contributed by atoms with Crippen LogP contribution in [0, 0.1) is 5.82 Å². The molecule has 0 fully saturated rings. The maximum Gasteiger partial charge on any atom is 0.126 e. The smallest absolute Gasteiger partial charge is 0.126 e. The molecule has 0 saturated carbocycles. The lowest BCUT2D eigenvalue weighted by Gasteiger charge is -2.18. The van der Waals surface area contributed by atoms with Crippen LogP contribution in [0.4, 0.5) is 4.39 Å². The van der Waals surface area contributed by atoms with Crippen molar-refractivity contribution >= 4 is 15.9 Å². The standard InChI is InChI=1S/C13H20BrFN2O/c1-9(18-2)3-5-12(17-16)8-10-7-11(14)4-6-13(10)15/h4,6-7,9,12,17H,3,5,8,16H2,1-2H3. The van der Waals surface area contributed by atoms with Crippen LogP contribution >= 0.6 is 15.9 Å². The average Bonchev–Trinajstić information content (AvgIpc) is 2.37. The Bertz CT molecular complexity index is 376. The summed E-state index contributed by atoms with van der Waals surface area (Å²) in [5.74, 6) is 5.32. The van der Waals surface area contributed by atoms with E-state index in [1.54, 1.807) is 19.2 Å². The molecule has 0 aromatic heterocycles. The van der Waals surface area contributed by atoms with Crippen molar-refractivity contribution in [2.45, 2.75) is 38.3 Å². The summed E-state index contributed by atoms with van der Waals surface area (Å²) in [7, 11) is 1.68. The number of hydrazine groups is 1. The number of ether oxygens (including phenoxy) is 1. The highest BCUT2D eigenvalue weighted by molar-refractivity contribution is 9.10. The molecule has 0 bridgehead atoms. The second-order valence-electron chi connectivity index (χ2n) is 4.43. The second kappa shape index (κ2) is 7.84. The van der Waals surface area contributed by atoms with Gasteiger partial charge in [0, 0.05) is 17.6 Å². The van der Waals surface area contributed by atoms with E-state index in [0.717, 1.165) is 17.3 Å². The molecule has 1 rings (SSSR count). The lowest BCUT2D eigenvalue weighted by Crippen LogP contribution is -2.37. The van der Waals surface area contributed by atoms with Crippen molar-refractivity contribution in [1.29, 1.82) is 0 Å². The molecule has 2 atom stereocenters. The Hall–Kier alpha value is -0.490. The highest BCUT2D eigenvalue weighted by Crippen LogP contribution is 2.18. The Morgan fingerprint density at radius 1 is 1.44 bits per heavy atom. The number of nitrogens with one attached hydrogen (secondary N) is 1. The molecule has 0 aliphatic carbocycles. The molecule has 0 amide bonds. The SMILES string of the molecule is COC(C)CCC(Cc1cc(Br)ccc1F)NN. The fourth-order valence-electron chi connectivity index (χ4n) is 1.76. The van der Waals surface area contributed by atoms with E-state index in [2.05, 4.69) is 21.4 Å². The Labute approximate surface area is 116 Å². The van der Waals surface area contributed by atoms with Crippen molar-refractivity contribution < 1.29 is 9.13 Å². The number of benzene rings is 1. The van der Waals surface area contributed by atoms with Gasteiger partial charge in [0.25, 0.3) is 0 Å². The van der Waals surface area contributed by atoms with Gasteiger partial charge in [-0.3, -0.25) is 11.3 Å². The van der Waals surface area contributed by atoms with Gasteiger partial charge in [0.1, 0.15) is 5.82 Å². The van der Waals surface area contributed by atoms with Crippen molar-refractivity contribution in [3.8, 4) is 0 Å². The molecule has 3 N–H and O–H groups in total. The van der Waals surface area contributed by atoms with Crippen molar-refractivity contribution in [2.24, 2.45) is 5.84 Å². The van der Waals surface area contributed by atoms with Gasteiger partial charge >= 0.3 is 0 Å². The zero-order valence-electron chi connectivity index (χ0n) is 10.7. The summed E-state index contributed by atoms with van der Waals surface area (Å²) in [4.78, 5) is 0. The van der Waals surface area contributed by atoms with Gasteiger partial charge in [-0.1, -0.05) is 15.9 Å². The van der Waals surface area contributed by atoms with Crippen LogP contribution in [0.2, 0.25) is 0 Å². The molecule has 5 heteroatoms. The van der Waals surface area contributed by atoms with E-state index in [-0.39, 0.29) is 18.0 Å². The fourth-order valence-corrected chi connectivity index (χ4v) is 2.17. The van der Waals surface area contributed by atoms with E-state index >= 15 is 0 Å². The quantitative estimate of drug-likeness (QED) is 0.600. The third-order valence-corrected chi connectivity index (χ3v) is 3.53. The highest BCUT2D eigenvalue weighted by atomic mass is 79.9. The van der Waals surface area contributed by atoms with Gasteiger partial charge in [0.2, 0.25) is 0 Å². The Morgan fingerprint density at radius 2 is 2.17 bits per heavy atom. The summed E-state index contributed by atoms with van der Waals surface area (Å²) >= 11 is 3.34. The number of hydrogen-bond donors (Lipinski definition) is 2. The zero-order chi connectivity index (χ0) is 13.5. The molecule has 18 heavy (non-hydrogen) atoms. The maximum atomic E-state index is 13.6. The molecule has 1 aromatic carbocycles. The van der Waals surface area contributed by atoms with Crippen molar-refractivity contribution in [3.63, 3.8) is 0 Å². The van der Waals surface area contributed by atoms with Gasteiger partial charge in [-0.15, -0.1) is 0 Å². The molecule has 1 aromatic rings. The summed E-state index contributed by atoms with van der Waals surface area (Å²) in [6.45, 7) is 2.01. The lowest BCUT2D eigenvalue weighted by atomic mass is 10.0. The molecule has 0 radical (unpaired) electrons. The van der Waals surface area contributed by atoms with Crippen LogP contribution in [0.5, 0.6) is 0 Å². The molecule has 0 saturated heterocycles. The number of methoxy groups -OCH3 is 1. The van der Waals surface area contributed by atoms with Gasteiger partial charge in [0.15, 0.2) is 0 Å². The predicted molar refractivity (Wildman–Crippen MR) is 74.6 cm³/mol. The fraction of sp³-hybridized carbons (Fsp3) is 0.538. The van der Waals surface area contributed by atoms with E-state index < -0.39 is 0 Å². The first-order chi connectivity index (χ1) is 8.56. The lowest BCUT2D eigenvalue weighted by molar-refractivity contribution is 0.106. The largest absolute Gasteiger partial charge is 0.382 e. The highest BCUT2D eigenvalue weighted by Gasteiger charge is 2.13. The first kappa shape index (κ1) is 15.6. The summed E-state index contributed by atoms with van der Waals surface area (Å²) in [6, 6.07) is 4.99. The monoisotopic (exact) mass is 318 g/mol. The minimum Gasteiger partial charge on any atom is -0.382 e. The summed E-state index contributed by atoms with van der Waals surface area (Å²) in [5, 5.41) is 0. The van der Waals surface area contributed by atoms with Crippen LogP contribution in [-0.2, 0) is 11.2 Å². The molecule has 0 heterocycles. The third-order valence-electron chi connectivity index (χ3n) is 3.03. The summed E-state index contributed by atoms with van der Waals surface area (Å²) in [5.41, 5.74) is 3.40. The minimum absolute atomic E-state index is 0.0476. The average molecular weight is 319 g/mol. The number of nitrogens with two attached hydrogens (primary N) is 1. The molecule has 102 valence electrons. The zero-order valence-corrected chi connectivity index (χ0v) is 12.3. The molecule has 0 aliphatic heterocycles. The van der Waals surface area contributed by atoms with E-state index in [0.29, 0.717) is 12.0 Å². The Kier molecular flexibility index (Phi) is 6.78. The van der Waals surface area contributed by atoms with Gasteiger partial charge in [-0.25, -0.2) is 4.39 Å². The first-order valence-corrected chi connectivity index (χ1v) is 6.79. The topological polar surface area (TPSA) is 47.3 Å². The molecule has 3 nitrogen and oxygen atoms in total. The van der Waals surface area contributed by atoms with Gasteiger partial charge in [-0.2, -0.15) is 0 Å². The third kappa shape index (κ3) is 5.02. The normalized spacial score (nSPS) is 14.5. The Balaban J connectivity index is 2.59. The second-order valence-corrected chi connectivity index (χ2v) is 5.34. The minimum atomic E-state index is -0.196. The summed E-state index contributed by atoms with van der Waals surface area (Å²) < 4.78 is 19.7. The molecular formula is C13H20BrFN2O. The van der Waals surface area contributed by atoms with E-state index in [9.17, 15) is 4.39 Å².